The Morgan fingerprint density at radius 1 is 0.864 bits per heavy atom. The Morgan fingerprint density at radius 3 is 2.36 bits per heavy atom. The zero-order valence-electron chi connectivity index (χ0n) is 47.0. The molecule has 3 aromatic heterocycles. The first-order chi connectivity index (χ1) is 38.8. The first-order valence-corrected chi connectivity index (χ1v) is 29.5. The Labute approximate surface area is 485 Å². The van der Waals surface area contributed by atoms with Gasteiger partial charge in [-0.1, -0.05) is 66.5 Å². The number of nitrogens with zero attached hydrogens (tertiary/aromatic N) is 8. The van der Waals surface area contributed by atoms with E-state index < -0.39 is 29.7 Å². The van der Waals surface area contributed by atoms with Gasteiger partial charge >= 0.3 is 6.09 Å². The summed E-state index contributed by atoms with van der Waals surface area (Å²) in [6.07, 6.45) is 6.93. The molecule has 434 valence electrons. The van der Waals surface area contributed by atoms with Gasteiger partial charge in [0.15, 0.2) is 5.13 Å². The SMILES string of the molecule is Cc1nc(Nc2ncc(C(=O)Nc3c(C)cccc3Cl)s2)cc(N2CCN(C(=O)COCCOCCOc3cccc(C(=O)c4csc([C@@H]5CCCN5C(=O)[C@@H](NC(=O)[C@H](C)N(C)C(=O)OC(C)(C)C)C5CCCCC5)n4)c3)CC2)n1. The minimum absolute atomic E-state index is 0.0471. The topological polar surface area (TPSA) is 240 Å². The van der Waals surface area contributed by atoms with Gasteiger partial charge in [0.05, 0.1) is 42.8 Å². The third-order valence-electron chi connectivity index (χ3n) is 14.3. The van der Waals surface area contributed by atoms with E-state index in [0.717, 1.165) is 44.1 Å². The molecule has 81 heavy (non-hydrogen) atoms. The third-order valence-corrected chi connectivity index (χ3v) is 16.5. The van der Waals surface area contributed by atoms with Crippen molar-refractivity contribution in [1.29, 1.82) is 0 Å². The number of nitrogens with one attached hydrogen (secondary N) is 3. The number of hydrogen-bond acceptors (Lipinski definition) is 18. The molecule has 8 rings (SSSR count). The minimum Gasteiger partial charge on any atom is -0.491 e. The normalized spacial score (nSPS) is 16.6. The minimum atomic E-state index is -0.872. The molecule has 2 aromatic carbocycles. The van der Waals surface area contributed by atoms with Gasteiger partial charge in [0, 0.05) is 56.8 Å². The summed E-state index contributed by atoms with van der Waals surface area (Å²) in [5, 5.41) is 12.4. The van der Waals surface area contributed by atoms with Crippen molar-refractivity contribution >= 4 is 92.2 Å². The fourth-order valence-electron chi connectivity index (χ4n) is 9.84. The number of carbonyl (C=O) groups is 6. The maximum Gasteiger partial charge on any atom is 0.410 e. The predicted octanol–water partition coefficient (Wildman–Crippen LogP) is 8.63. The van der Waals surface area contributed by atoms with Gasteiger partial charge in [0.25, 0.3) is 5.91 Å². The second kappa shape index (κ2) is 27.8. The van der Waals surface area contributed by atoms with Gasteiger partial charge in [-0.2, -0.15) is 0 Å². The highest BCUT2D eigenvalue weighted by atomic mass is 35.5. The molecule has 0 radical (unpaired) electrons. The highest BCUT2D eigenvalue weighted by Crippen LogP contribution is 2.37. The molecule has 1 aliphatic carbocycles. The number of aromatic nitrogens is 4. The van der Waals surface area contributed by atoms with Crippen molar-refractivity contribution in [3.63, 3.8) is 0 Å². The number of thiazole rings is 2. The van der Waals surface area contributed by atoms with Gasteiger partial charge < -0.3 is 49.6 Å². The van der Waals surface area contributed by atoms with Crippen molar-refractivity contribution in [3.8, 4) is 5.75 Å². The quantitative estimate of drug-likeness (QED) is 0.0434. The molecule has 5 amide bonds. The lowest BCUT2D eigenvalue weighted by Crippen LogP contribution is -2.56. The number of ketones is 1. The number of likely N-dealkylation sites (N-methyl/N-ethyl adjacent to an activating group) is 1. The average molecular weight is 1170 g/mol. The fraction of sp³-hybridized carbons (Fsp3) is 0.509. The number of rotatable bonds is 22. The zero-order valence-corrected chi connectivity index (χ0v) is 49.3. The number of amides is 5. The van der Waals surface area contributed by atoms with Crippen LogP contribution in [-0.2, 0) is 28.6 Å². The monoisotopic (exact) mass is 1170 g/mol. The Bertz CT molecular complexity index is 3010. The number of hydrogen-bond donors (Lipinski definition) is 3. The van der Waals surface area contributed by atoms with E-state index in [0.29, 0.717) is 93.6 Å². The molecule has 3 N–H and O–H groups in total. The van der Waals surface area contributed by atoms with Gasteiger partial charge in [-0.15, -0.1) is 11.3 Å². The number of anilines is 4. The molecule has 0 unspecified atom stereocenters. The Kier molecular flexibility index (Phi) is 20.7. The van der Waals surface area contributed by atoms with Crippen molar-refractivity contribution in [2.24, 2.45) is 5.92 Å². The first kappa shape index (κ1) is 60.3. The van der Waals surface area contributed by atoms with E-state index in [9.17, 15) is 28.8 Å². The van der Waals surface area contributed by atoms with Crippen molar-refractivity contribution in [1.82, 2.24) is 40.0 Å². The molecular formula is C57H72ClN11O10S2. The van der Waals surface area contributed by atoms with Gasteiger partial charge in [-0.3, -0.25) is 28.9 Å². The van der Waals surface area contributed by atoms with Gasteiger partial charge in [-0.25, -0.2) is 24.7 Å². The summed E-state index contributed by atoms with van der Waals surface area (Å²) in [6.45, 7) is 14.0. The summed E-state index contributed by atoms with van der Waals surface area (Å²) in [5.41, 5.74) is 1.34. The summed E-state index contributed by atoms with van der Waals surface area (Å²) in [5.74, 6) is 0.911. The van der Waals surface area contributed by atoms with Crippen LogP contribution >= 0.6 is 34.3 Å². The molecule has 3 aliphatic rings. The lowest BCUT2D eigenvalue weighted by molar-refractivity contribution is -0.140. The van der Waals surface area contributed by atoms with Crippen LogP contribution in [0.1, 0.15) is 121 Å². The number of aryl methyl sites for hydroxylation is 2. The molecule has 3 fully saturated rings. The van der Waals surface area contributed by atoms with Gasteiger partial charge in [-0.05, 0) is 96.9 Å². The molecule has 5 heterocycles. The standard InChI is InChI=1S/C57H72ClN11O10S2/c1-35-14-11-19-41(58)48(35)64-52(73)44-32-59-55(81-44)63-45-31-46(61-37(3)60-45)67-22-24-68(25-23-67)47(70)33-77-27-26-76-28-29-78-40-18-12-17-39(30-40)50(71)42-34-80-53(62-42)43-20-13-21-69(43)54(74)49(38-15-9-8-10-16-38)65-51(72)36(2)66(7)56(75)79-57(4,5)6/h11-12,14,17-19,30-32,34,36,38,43,49H,8-10,13,15-16,20-29,33H2,1-7H3,(H,64,73)(H,65,72)(H,59,60,61,63)/t36-,43-,49-/m0/s1. The summed E-state index contributed by atoms with van der Waals surface area (Å²) in [7, 11) is 1.52. The molecule has 0 spiro atoms. The molecule has 24 heteroatoms. The number of para-hydroxylation sites is 1. The van der Waals surface area contributed by atoms with E-state index >= 15 is 0 Å². The number of likely N-dealkylation sites (tertiary alicyclic amines) is 1. The van der Waals surface area contributed by atoms with Crippen molar-refractivity contribution in [2.45, 2.75) is 110 Å². The van der Waals surface area contributed by atoms with Crippen LogP contribution in [0.2, 0.25) is 5.02 Å². The zero-order chi connectivity index (χ0) is 57.8. The second-order valence-corrected chi connectivity index (χ2v) is 23.7. The number of ether oxygens (including phenoxy) is 4. The summed E-state index contributed by atoms with van der Waals surface area (Å²) >= 11 is 8.83. The third kappa shape index (κ3) is 16.2. The summed E-state index contributed by atoms with van der Waals surface area (Å²) in [6, 6.07) is 12.1. The maximum atomic E-state index is 14.5. The molecule has 0 bridgehead atoms. The lowest BCUT2D eigenvalue weighted by atomic mass is 9.83. The average Bonchev–Trinajstić information content (AvgIpc) is 4.34. The first-order valence-electron chi connectivity index (χ1n) is 27.4. The lowest BCUT2D eigenvalue weighted by Gasteiger charge is -2.36. The molecule has 5 aromatic rings. The second-order valence-electron chi connectivity index (χ2n) is 21.3. The highest BCUT2D eigenvalue weighted by molar-refractivity contribution is 7.17. The van der Waals surface area contributed by atoms with Crippen LogP contribution in [0.15, 0.2) is 60.1 Å². The maximum absolute atomic E-state index is 14.5. The highest BCUT2D eigenvalue weighted by Gasteiger charge is 2.41. The number of carbonyl (C=O) groups excluding carboxylic acids is 6. The Balaban J connectivity index is 0.736. The molecule has 3 atom stereocenters. The number of piperazine rings is 1. The van der Waals surface area contributed by atoms with E-state index in [4.69, 9.17) is 35.5 Å². The van der Waals surface area contributed by atoms with Crippen LogP contribution < -0.4 is 25.6 Å². The van der Waals surface area contributed by atoms with Crippen molar-refractivity contribution in [2.75, 3.05) is 88.3 Å². The van der Waals surface area contributed by atoms with Crippen LogP contribution in [0.5, 0.6) is 5.75 Å². The van der Waals surface area contributed by atoms with Crippen molar-refractivity contribution < 1.29 is 47.7 Å². The predicted molar refractivity (Wildman–Crippen MR) is 310 cm³/mol. The molecule has 21 nitrogen and oxygen atoms in total. The van der Waals surface area contributed by atoms with Gasteiger partial charge in [0.2, 0.25) is 23.5 Å². The largest absolute Gasteiger partial charge is 0.491 e. The van der Waals surface area contributed by atoms with E-state index in [1.54, 1.807) is 80.1 Å². The van der Waals surface area contributed by atoms with Crippen LogP contribution in [0.25, 0.3) is 0 Å². The fourth-order valence-corrected chi connectivity index (χ4v) is 11.8. The van der Waals surface area contributed by atoms with Crippen LogP contribution in [-0.4, -0.2) is 161 Å². The summed E-state index contributed by atoms with van der Waals surface area (Å²) in [4.78, 5) is 106. The van der Waals surface area contributed by atoms with Crippen LogP contribution in [0.4, 0.5) is 27.2 Å². The van der Waals surface area contributed by atoms with Gasteiger partial charge in [0.1, 0.15) is 69.7 Å². The molecule has 2 aliphatic heterocycles. The Hall–Kier alpha value is -6.79. The van der Waals surface area contributed by atoms with Crippen LogP contribution in [0, 0.1) is 19.8 Å². The smallest absolute Gasteiger partial charge is 0.410 e. The number of benzene rings is 2. The van der Waals surface area contributed by atoms with E-state index in [1.165, 1.54) is 40.8 Å². The van der Waals surface area contributed by atoms with Crippen LogP contribution in [0.3, 0.4) is 0 Å². The summed E-state index contributed by atoms with van der Waals surface area (Å²) < 4.78 is 22.8. The Morgan fingerprint density at radius 2 is 1.60 bits per heavy atom. The van der Waals surface area contributed by atoms with E-state index in [2.05, 4.69) is 35.8 Å². The van der Waals surface area contributed by atoms with E-state index in [-0.39, 0.29) is 74.2 Å². The molecule has 1 saturated carbocycles. The van der Waals surface area contributed by atoms with E-state index in [1.807, 2.05) is 25.1 Å². The number of halogens is 1. The van der Waals surface area contributed by atoms with Crippen molar-refractivity contribution in [3.05, 3.63) is 97.7 Å². The molecule has 2 saturated heterocycles. The molecular weight excluding hydrogens is 1100 g/mol.